The van der Waals surface area contributed by atoms with Gasteiger partial charge in [0, 0.05) is 0 Å². The zero-order valence-corrected chi connectivity index (χ0v) is 13.7. The van der Waals surface area contributed by atoms with Crippen LogP contribution in [0.4, 0.5) is 19.0 Å². The Kier molecular flexibility index (Phi) is 4.52. The highest BCUT2D eigenvalue weighted by molar-refractivity contribution is 7.91. The van der Waals surface area contributed by atoms with Crippen LogP contribution in [0.2, 0.25) is 5.02 Å². The standard InChI is InChI=1S/C13H10ClF3N4O2S/c1-2-24(22,23)11-9(6-18)20-21(12(11)19)10-4-3-7(5-8(10)14)13(15,16)17/h3-5H,2,19H2,1H3. The Labute approximate surface area is 140 Å². The Morgan fingerprint density at radius 2 is 2.04 bits per heavy atom. The third-order valence-corrected chi connectivity index (χ3v) is 5.26. The minimum Gasteiger partial charge on any atom is -0.382 e. The molecule has 11 heteroatoms. The first kappa shape index (κ1) is 18.1. The zero-order chi connectivity index (χ0) is 18.3. The van der Waals surface area contributed by atoms with Crippen LogP contribution in [-0.4, -0.2) is 24.0 Å². The van der Waals surface area contributed by atoms with Crippen molar-refractivity contribution in [3.05, 3.63) is 34.5 Å². The number of rotatable bonds is 3. The second-order valence-corrected chi connectivity index (χ2v) is 7.28. The molecule has 0 radical (unpaired) electrons. The lowest BCUT2D eigenvalue weighted by Crippen LogP contribution is -2.10. The molecule has 0 spiro atoms. The van der Waals surface area contributed by atoms with E-state index in [0.29, 0.717) is 6.07 Å². The highest BCUT2D eigenvalue weighted by Crippen LogP contribution is 2.35. The second kappa shape index (κ2) is 5.99. The summed E-state index contributed by atoms with van der Waals surface area (Å²) >= 11 is 5.85. The number of alkyl halides is 3. The number of nitrogens with two attached hydrogens (primary N) is 1. The van der Waals surface area contributed by atoms with Gasteiger partial charge < -0.3 is 5.73 Å². The van der Waals surface area contributed by atoms with Gasteiger partial charge in [-0.1, -0.05) is 18.5 Å². The predicted octanol–water partition coefficient (Wildman–Crippen LogP) is 2.79. The van der Waals surface area contributed by atoms with Gasteiger partial charge in [-0.2, -0.15) is 23.5 Å². The van der Waals surface area contributed by atoms with Crippen molar-refractivity contribution >= 4 is 27.3 Å². The largest absolute Gasteiger partial charge is 0.416 e. The van der Waals surface area contributed by atoms with Crippen molar-refractivity contribution < 1.29 is 21.6 Å². The summed E-state index contributed by atoms with van der Waals surface area (Å²) in [5.41, 5.74) is 4.25. The molecule has 1 heterocycles. The van der Waals surface area contributed by atoms with Crippen molar-refractivity contribution in [2.45, 2.75) is 18.0 Å². The van der Waals surface area contributed by atoms with E-state index in [1.165, 1.54) is 6.92 Å². The summed E-state index contributed by atoms with van der Waals surface area (Å²) in [6.45, 7) is 1.36. The van der Waals surface area contributed by atoms with E-state index in [4.69, 9.17) is 22.6 Å². The van der Waals surface area contributed by atoms with Gasteiger partial charge in [0.2, 0.25) is 0 Å². The molecule has 1 aromatic heterocycles. The first-order valence-corrected chi connectivity index (χ1v) is 8.44. The fourth-order valence-corrected chi connectivity index (χ4v) is 3.31. The van der Waals surface area contributed by atoms with E-state index in [-0.39, 0.29) is 16.5 Å². The zero-order valence-electron chi connectivity index (χ0n) is 12.1. The molecule has 0 saturated heterocycles. The lowest BCUT2D eigenvalue weighted by Gasteiger charge is -2.11. The number of hydrogen-bond donors (Lipinski definition) is 1. The Hall–Kier alpha value is -2.25. The van der Waals surface area contributed by atoms with Crippen LogP contribution < -0.4 is 5.73 Å². The monoisotopic (exact) mass is 378 g/mol. The Morgan fingerprint density at radius 3 is 2.50 bits per heavy atom. The van der Waals surface area contributed by atoms with Crippen LogP contribution >= 0.6 is 11.6 Å². The number of benzene rings is 1. The second-order valence-electron chi connectivity index (χ2n) is 4.65. The molecule has 128 valence electrons. The Bertz CT molecular complexity index is 945. The fourth-order valence-electron chi connectivity index (χ4n) is 1.98. The number of aromatic nitrogens is 2. The average molecular weight is 379 g/mol. The summed E-state index contributed by atoms with van der Waals surface area (Å²) in [6.07, 6.45) is -4.59. The van der Waals surface area contributed by atoms with Crippen molar-refractivity contribution in [2.24, 2.45) is 0 Å². The van der Waals surface area contributed by atoms with Gasteiger partial charge >= 0.3 is 6.18 Å². The summed E-state index contributed by atoms with van der Waals surface area (Å²) in [5.74, 6) is -0.715. The van der Waals surface area contributed by atoms with E-state index < -0.39 is 38.0 Å². The molecule has 0 aliphatic rings. The Morgan fingerprint density at radius 1 is 1.42 bits per heavy atom. The molecule has 24 heavy (non-hydrogen) atoms. The van der Waals surface area contributed by atoms with Gasteiger partial charge in [-0.05, 0) is 18.2 Å². The van der Waals surface area contributed by atoms with E-state index in [1.54, 1.807) is 6.07 Å². The summed E-state index contributed by atoms with van der Waals surface area (Å²) in [4.78, 5) is -0.469. The maximum atomic E-state index is 12.7. The van der Waals surface area contributed by atoms with Gasteiger partial charge in [-0.3, -0.25) is 0 Å². The maximum absolute atomic E-state index is 12.7. The summed E-state index contributed by atoms with van der Waals surface area (Å²) in [7, 11) is -3.86. The lowest BCUT2D eigenvalue weighted by molar-refractivity contribution is -0.137. The molecule has 0 aliphatic heterocycles. The smallest absolute Gasteiger partial charge is 0.382 e. The van der Waals surface area contributed by atoms with E-state index in [2.05, 4.69) is 5.10 Å². The first-order valence-electron chi connectivity index (χ1n) is 6.41. The molecular weight excluding hydrogens is 369 g/mol. The van der Waals surface area contributed by atoms with Gasteiger partial charge in [-0.15, -0.1) is 0 Å². The molecule has 0 saturated carbocycles. The average Bonchev–Trinajstić information content (AvgIpc) is 2.83. The molecule has 0 aliphatic carbocycles. The predicted molar refractivity (Wildman–Crippen MR) is 80.4 cm³/mol. The molecule has 0 atom stereocenters. The SMILES string of the molecule is CCS(=O)(=O)c1c(C#N)nn(-c2ccc(C(F)(F)F)cc2Cl)c1N. The van der Waals surface area contributed by atoms with Gasteiger partial charge in [-0.25, -0.2) is 13.1 Å². The van der Waals surface area contributed by atoms with Crippen molar-refractivity contribution in [1.82, 2.24) is 9.78 Å². The number of nitriles is 1. The minimum absolute atomic E-state index is 0.0729. The third kappa shape index (κ3) is 3.05. The number of hydrogen-bond acceptors (Lipinski definition) is 5. The number of nitrogens with zero attached hydrogens (tertiary/aromatic N) is 3. The van der Waals surface area contributed by atoms with Gasteiger partial charge in [0.15, 0.2) is 15.5 Å². The van der Waals surface area contributed by atoms with E-state index in [0.717, 1.165) is 16.8 Å². The highest BCUT2D eigenvalue weighted by atomic mass is 35.5. The molecule has 2 N–H and O–H groups in total. The van der Waals surface area contributed by atoms with Crippen molar-refractivity contribution in [3.8, 4) is 11.8 Å². The molecule has 0 unspecified atom stereocenters. The van der Waals surface area contributed by atoms with Crippen LogP contribution in [0.1, 0.15) is 18.2 Å². The van der Waals surface area contributed by atoms with Crippen LogP contribution in [0.25, 0.3) is 5.69 Å². The van der Waals surface area contributed by atoms with E-state index in [9.17, 15) is 21.6 Å². The van der Waals surface area contributed by atoms with Crippen molar-refractivity contribution in [1.29, 1.82) is 5.26 Å². The van der Waals surface area contributed by atoms with Crippen LogP contribution in [0, 0.1) is 11.3 Å². The minimum atomic E-state index is -4.59. The fraction of sp³-hybridized carbons (Fsp3) is 0.231. The summed E-state index contributed by atoms with van der Waals surface area (Å²) < 4.78 is 63.0. The molecule has 1 aromatic carbocycles. The number of anilines is 1. The van der Waals surface area contributed by atoms with Crippen molar-refractivity contribution in [3.63, 3.8) is 0 Å². The summed E-state index contributed by atoms with van der Waals surface area (Å²) in [6, 6.07) is 4.02. The van der Waals surface area contributed by atoms with Gasteiger partial charge in [0.25, 0.3) is 0 Å². The third-order valence-electron chi connectivity index (χ3n) is 3.18. The van der Waals surface area contributed by atoms with Crippen molar-refractivity contribution in [2.75, 3.05) is 11.5 Å². The number of halogens is 4. The van der Waals surface area contributed by atoms with Crippen LogP contribution in [0.15, 0.2) is 23.1 Å². The molecule has 2 rings (SSSR count). The lowest BCUT2D eigenvalue weighted by atomic mass is 10.2. The number of sulfone groups is 1. The summed E-state index contributed by atoms with van der Waals surface area (Å²) in [5, 5.41) is 12.5. The van der Waals surface area contributed by atoms with Crippen LogP contribution in [0.5, 0.6) is 0 Å². The molecule has 0 bridgehead atoms. The van der Waals surface area contributed by atoms with Crippen LogP contribution in [-0.2, 0) is 16.0 Å². The van der Waals surface area contributed by atoms with Crippen LogP contribution in [0.3, 0.4) is 0 Å². The molecule has 6 nitrogen and oxygen atoms in total. The topological polar surface area (TPSA) is 102 Å². The normalized spacial score (nSPS) is 12.2. The first-order chi connectivity index (χ1) is 11.0. The maximum Gasteiger partial charge on any atom is 0.416 e. The quantitative estimate of drug-likeness (QED) is 0.884. The molecule has 0 amide bonds. The molecular formula is C13H10ClF3N4O2S. The molecule has 2 aromatic rings. The van der Waals surface area contributed by atoms with E-state index >= 15 is 0 Å². The highest BCUT2D eigenvalue weighted by Gasteiger charge is 2.32. The molecule has 0 fully saturated rings. The Balaban J connectivity index is 2.70. The van der Waals surface area contributed by atoms with E-state index in [1.807, 2.05) is 0 Å². The van der Waals surface area contributed by atoms with Gasteiger partial charge in [0.05, 0.1) is 22.0 Å². The number of nitrogen functional groups attached to an aromatic ring is 1. The van der Waals surface area contributed by atoms with Gasteiger partial charge in [0.1, 0.15) is 16.8 Å².